The van der Waals surface area contributed by atoms with Crippen molar-refractivity contribution in [2.45, 2.75) is 19.5 Å². The molecule has 1 atom stereocenters. The highest BCUT2D eigenvalue weighted by atomic mass is 16.5. The number of amides is 1. The summed E-state index contributed by atoms with van der Waals surface area (Å²) >= 11 is 0. The van der Waals surface area contributed by atoms with Crippen LogP contribution in [0.4, 0.5) is 0 Å². The van der Waals surface area contributed by atoms with Crippen molar-refractivity contribution in [2.75, 3.05) is 7.05 Å². The molecule has 0 aliphatic carbocycles. The Morgan fingerprint density at radius 1 is 1.62 bits per heavy atom. The van der Waals surface area contributed by atoms with Crippen molar-refractivity contribution in [1.82, 2.24) is 15.8 Å². The molecule has 0 saturated carbocycles. The molecule has 0 spiro atoms. The summed E-state index contributed by atoms with van der Waals surface area (Å²) in [6, 6.07) is 0.926. The van der Waals surface area contributed by atoms with Gasteiger partial charge >= 0.3 is 5.97 Å². The molecule has 0 aliphatic heterocycles. The van der Waals surface area contributed by atoms with E-state index in [0.717, 1.165) is 0 Å². The summed E-state index contributed by atoms with van der Waals surface area (Å²) in [7, 11) is 1.54. The molecular weight excluding hydrogens is 214 g/mol. The second-order valence-electron chi connectivity index (χ2n) is 3.20. The van der Waals surface area contributed by atoms with E-state index in [9.17, 15) is 9.59 Å². The lowest BCUT2D eigenvalue weighted by atomic mass is 10.3. The maximum atomic E-state index is 11.1. The van der Waals surface area contributed by atoms with Crippen molar-refractivity contribution in [3.8, 4) is 0 Å². The van der Waals surface area contributed by atoms with Gasteiger partial charge in [0.2, 0.25) is 5.91 Å². The van der Waals surface area contributed by atoms with Gasteiger partial charge in [-0.2, -0.15) is 0 Å². The Morgan fingerprint density at radius 2 is 2.31 bits per heavy atom. The van der Waals surface area contributed by atoms with E-state index in [-0.39, 0.29) is 24.2 Å². The van der Waals surface area contributed by atoms with Gasteiger partial charge in [0, 0.05) is 13.1 Å². The quantitative estimate of drug-likeness (QED) is 0.632. The van der Waals surface area contributed by atoms with Crippen LogP contribution in [0.2, 0.25) is 0 Å². The van der Waals surface area contributed by atoms with Crippen molar-refractivity contribution < 1.29 is 19.2 Å². The molecule has 1 aromatic heterocycles. The van der Waals surface area contributed by atoms with Crippen molar-refractivity contribution >= 4 is 11.9 Å². The van der Waals surface area contributed by atoms with Gasteiger partial charge in [-0.15, -0.1) is 0 Å². The minimum absolute atomic E-state index is 0.149. The Labute approximate surface area is 91.8 Å². The van der Waals surface area contributed by atoms with Crippen LogP contribution >= 0.6 is 0 Å². The normalized spacial score (nSPS) is 12.1. The lowest BCUT2D eigenvalue weighted by Crippen LogP contribution is -2.40. The summed E-state index contributed by atoms with van der Waals surface area (Å²) in [4.78, 5) is 21.6. The number of carboxylic acid groups (broad SMARTS) is 1. The van der Waals surface area contributed by atoms with Gasteiger partial charge in [0.25, 0.3) is 0 Å². The third kappa shape index (κ3) is 3.06. The maximum absolute atomic E-state index is 11.1. The number of carboxylic acids is 1. The molecule has 7 heteroatoms. The number of aromatic nitrogens is 1. The first-order valence-electron chi connectivity index (χ1n) is 4.68. The Morgan fingerprint density at radius 3 is 2.81 bits per heavy atom. The van der Waals surface area contributed by atoms with Gasteiger partial charge in [-0.3, -0.25) is 10.1 Å². The molecule has 1 heterocycles. The van der Waals surface area contributed by atoms with Crippen molar-refractivity contribution in [3.63, 3.8) is 0 Å². The summed E-state index contributed by atoms with van der Waals surface area (Å²) in [5.74, 6) is -0.930. The molecule has 1 amide bonds. The molecule has 1 aromatic rings. The summed E-state index contributed by atoms with van der Waals surface area (Å²) < 4.78 is 4.76. The Hall–Kier alpha value is -1.89. The number of nitrogens with zero attached hydrogens (tertiary/aromatic N) is 1. The van der Waals surface area contributed by atoms with Gasteiger partial charge in [-0.1, -0.05) is 5.16 Å². The molecule has 3 N–H and O–H groups in total. The van der Waals surface area contributed by atoms with Crippen LogP contribution in [0.25, 0.3) is 0 Å². The van der Waals surface area contributed by atoms with E-state index < -0.39 is 5.97 Å². The predicted molar refractivity (Wildman–Crippen MR) is 53.8 cm³/mol. The zero-order chi connectivity index (χ0) is 12.1. The molecule has 0 bridgehead atoms. The number of rotatable bonds is 5. The second-order valence-corrected chi connectivity index (χ2v) is 3.20. The minimum Gasteiger partial charge on any atom is -0.476 e. The van der Waals surface area contributed by atoms with Gasteiger partial charge < -0.3 is 14.9 Å². The van der Waals surface area contributed by atoms with Crippen molar-refractivity contribution in [3.05, 3.63) is 17.5 Å². The smallest absolute Gasteiger partial charge is 0.358 e. The maximum Gasteiger partial charge on any atom is 0.358 e. The lowest BCUT2D eigenvalue weighted by Gasteiger charge is -2.09. The Kier molecular flexibility index (Phi) is 4.01. The molecule has 7 nitrogen and oxygen atoms in total. The molecule has 0 aliphatic rings. The molecular formula is C9H13N3O4. The second kappa shape index (κ2) is 5.26. The van der Waals surface area contributed by atoms with Crippen LogP contribution < -0.4 is 10.6 Å². The van der Waals surface area contributed by atoms with Crippen LogP contribution in [0.5, 0.6) is 0 Å². The van der Waals surface area contributed by atoms with E-state index in [1.165, 1.54) is 13.1 Å². The van der Waals surface area contributed by atoms with Crippen LogP contribution in [-0.4, -0.2) is 35.2 Å². The van der Waals surface area contributed by atoms with Crippen LogP contribution in [0.1, 0.15) is 23.2 Å². The summed E-state index contributed by atoms with van der Waals surface area (Å²) in [6.45, 7) is 1.93. The average Bonchev–Trinajstić information content (AvgIpc) is 2.73. The third-order valence-electron chi connectivity index (χ3n) is 2.00. The van der Waals surface area contributed by atoms with E-state index >= 15 is 0 Å². The molecule has 1 rings (SSSR count). The molecule has 0 saturated heterocycles. The first kappa shape index (κ1) is 12.2. The van der Waals surface area contributed by atoms with E-state index in [1.807, 2.05) is 0 Å². The van der Waals surface area contributed by atoms with Gasteiger partial charge in [-0.05, 0) is 6.92 Å². The van der Waals surface area contributed by atoms with E-state index in [1.54, 1.807) is 6.92 Å². The SMILES string of the molecule is CNC(=O)C(C)NCc1cc(C(=O)O)no1. The topological polar surface area (TPSA) is 104 Å². The molecule has 0 fully saturated rings. The van der Waals surface area contributed by atoms with E-state index in [4.69, 9.17) is 9.63 Å². The summed E-state index contributed by atoms with van der Waals surface area (Å²) in [6.07, 6.45) is 0. The number of nitrogens with one attached hydrogen (secondary N) is 2. The summed E-state index contributed by atoms with van der Waals surface area (Å²) in [5.41, 5.74) is -0.149. The molecule has 0 radical (unpaired) electrons. The van der Waals surface area contributed by atoms with Gasteiger partial charge in [0.05, 0.1) is 12.6 Å². The van der Waals surface area contributed by atoms with Crippen molar-refractivity contribution in [2.24, 2.45) is 0 Å². The largest absolute Gasteiger partial charge is 0.476 e. The standard InChI is InChI=1S/C9H13N3O4/c1-5(8(13)10-2)11-4-6-3-7(9(14)15)12-16-6/h3,5,11H,4H2,1-2H3,(H,10,13)(H,14,15). The predicted octanol–water partition coefficient (Wildman–Crippen LogP) is -0.403. The number of likely N-dealkylation sites (N-methyl/N-ethyl adjacent to an activating group) is 1. The Bertz CT molecular complexity index is 388. The molecule has 88 valence electrons. The third-order valence-corrected chi connectivity index (χ3v) is 2.00. The number of hydrogen-bond acceptors (Lipinski definition) is 5. The molecule has 16 heavy (non-hydrogen) atoms. The molecule has 1 unspecified atom stereocenters. The van der Waals surface area contributed by atoms with E-state index in [2.05, 4.69) is 15.8 Å². The van der Waals surface area contributed by atoms with Gasteiger partial charge in [-0.25, -0.2) is 4.79 Å². The van der Waals surface area contributed by atoms with Gasteiger partial charge in [0.1, 0.15) is 0 Å². The lowest BCUT2D eigenvalue weighted by molar-refractivity contribution is -0.122. The highest BCUT2D eigenvalue weighted by molar-refractivity contribution is 5.85. The first-order valence-corrected chi connectivity index (χ1v) is 4.68. The van der Waals surface area contributed by atoms with E-state index in [0.29, 0.717) is 5.76 Å². The monoisotopic (exact) mass is 227 g/mol. The van der Waals surface area contributed by atoms with Crippen LogP contribution in [-0.2, 0) is 11.3 Å². The number of carbonyl (C=O) groups is 2. The Balaban J connectivity index is 2.48. The minimum atomic E-state index is -1.14. The fourth-order valence-electron chi connectivity index (χ4n) is 1.06. The fraction of sp³-hybridized carbons (Fsp3) is 0.444. The van der Waals surface area contributed by atoms with Crippen LogP contribution in [0.3, 0.4) is 0 Å². The van der Waals surface area contributed by atoms with Gasteiger partial charge in [0.15, 0.2) is 11.5 Å². The number of carbonyl (C=O) groups excluding carboxylic acids is 1. The highest BCUT2D eigenvalue weighted by Crippen LogP contribution is 2.03. The molecule has 0 aromatic carbocycles. The zero-order valence-electron chi connectivity index (χ0n) is 8.98. The first-order chi connectivity index (χ1) is 7.54. The highest BCUT2D eigenvalue weighted by Gasteiger charge is 2.13. The van der Waals surface area contributed by atoms with Crippen molar-refractivity contribution in [1.29, 1.82) is 0 Å². The fourth-order valence-corrected chi connectivity index (χ4v) is 1.06. The number of aromatic carboxylic acids is 1. The summed E-state index contributed by atoms with van der Waals surface area (Å²) in [5, 5.41) is 17.3. The van der Waals surface area contributed by atoms with Crippen LogP contribution in [0, 0.1) is 0 Å². The van der Waals surface area contributed by atoms with Crippen LogP contribution in [0.15, 0.2) is 10.6 Å². The number of hydrogen-bond donors (Lipinski definition) is 3. The zero-order valence-corrected chi connectivity index (χ0v) is 8.98. The average molecular weight is 227 g/mol.